The molecule has 0 aromatic heterocycles. The smallest absolute Gasteiger partial charge is 0.337 e. The molecule has 1 fully saturated rings. The Balaban J connectivity index is 1.53. The predicted molar refractivity (Wildman–Crippen MR) is 134 cm³/mol. The summed E-state index contributed by atoms with van der Waals surface area (Å²) in [6, 6.07) is 15.9. The zero-order valence-electron chi connectivity index (χ0n) is 19.7. The summed E-state index contributed by atoms with van der Waals surface area (Å²) in [5.74, 6) is -0.557. The molecule has 2 atom stereocenters. The standard InChI is InChI=1S/C29H30ClNO3/c1-17-7-9-20(10-8-17)27-26(29(33)34-23-5-3-4-6-23)18(2)31-24-15-21(16-25(32)28(24)27)19-11-13-22(30)14-12-19/h7-14,21,23,27,31H,3-6,15-16H2,1-2H3/t21-,27-/m1/s1. The number of ether oxygens (including phenoxy) is 1. The van der Waals surface area contributed by atoms with E-state index in [4.69, 9.17) is 16.3 Å². The van der Waals surface area contributed by atoms with Gasteiger partial charge in [-0.25, -0.2) is 4.79 Å². The zero-order chi connectivity index (χ0) is 23.8. The van der Waals surface area contributed by atoms with Crippen molar-refractivity contribution in [3.8, 4) is 0 Å². The Labute approximate surface area is 206 Å². The minimum absolute atomic E-state index is 0.0295. The van der Waals surface area contributed by atoms with Gasteiger partial charge in [0.05, 0.1) is 5.57 Å². The first-order chi connectivity index (χ1) is 16.4. The number of benzene rings is 2. The normalized spacial score (nSPS) is 23.1. The third-order valence-corrected chi connectivity index (χ3v) is 7.63. The summed E-state index contributed by atoms with van der Waals surface area (Å²) in [4.78, 5) is 27.1. The molecule has 1 aliphatic heterocycles. The lowest BCUT2D eigenvalue weighted by atomic mass is 9.71. The van der Waals surface area contributed by atoms with Crippen molar-refractivity contribution in [2.45, 2.75) is 70.3 Å². The van der Waals surface area contributed by atoms with Crippen molar-refractivity contribution < 1.29 is 14.3 Å². The van der Waals surface area contributed by atoms with Crippen LogP contribution >= 0.6 is 11.6 Å². The summed E-state index contributed by atoms with van der Waals surface area (Å²) in [7, 11) is 0. The van der Waals surface area contributed by atoms with E-state index in [-0.39, 0.29) is 23.8 Å². The summed E-state index contributed by atoms with van der Waals surface area (Å²) in [6.07, 6.45) is 5.11. The van der Waals surface area contributed by atoms with Crippen LogP contribution in [0, 0.1) is 6.92 Å². The number of carbonyl (C=O) groups excluding carboxylic acids is 2. The maximum absolute atomic E-state index is 13.7. The second-order valence-corrected chi connectivity index (χ2v) is 10.2. The van der Waals surface area contributed by atoms with Crippen molar-refractivity contribution in [1.29, 1.82) is 0 Å². The van der Waals surface area contributed by atoms with Gasteiger partial charge in [-0.1, -0.05) is 53.6 Å². The first-order valence-electron chi connectivity index (χ1n) is 12.2. The summed E-state index contributed by atoms with van der Waals surface area (Å²) >= 11 is 6.08. The van der Waals surface area contributed by atoms with Gasteiger partial charge in [0.2, 0.25) is 0 Å². The monoisotopic (exact) mass is 475 g/mol. The number of esters is 1. The van der Waals surface area contributed by atoms with Gasteiger partial charge in [0, 0.05) is 34.3 Å². The fourth-order valence-electron chi connectivity index (χ4n) is 5.59. The van der Waals surface area contributed by atoms with Crippen molar-refractivity contribution in [3.05, 3.63) is 92.8 Å². The molecule has 0 radical (unpaired) electrons. The van der Waals surface area contributed by atoms with Crippen molar-refractivity contribution >= 4 is 23.4 Å². The number of allylic oxidation sites excluding steroid dienone is 3. The highest BCUT2D eigenvalue weighted by molar-refractivity contribution is 6.30. The topological polar surface area (TPSA) is 55.4 Å². The molecule has 5 rings (SSSR count). The Morgan fingerprint density at radius 2 is 1.59 bits per heavy atom. The van der Waals surface area contributed by atoms with E-state index in [1.807, 2.05) is 62.4 Å². The van der Waals surface area contributed by atoms with Crippen molar-refractivity contribution in [3.63, 3.8) is 0 Å². The molecule has 1 N–H and O–H groups in total. The van der Waals surface area contributed by atoms with Gasteiger partial charge in [-0.3, -0.25) is 4.79 Å². The fourth-order valence-corrected chi connectivity index (χ4v) is 5.72. The molecule has 2 aromatic rings. The third-order valence-electron chi connectivity index (χ3n) is 7.38. The first-order valence-corrected chi connectivity index (χ1v) is 12.6. The molecule has 2 aliphatic carbocycles. The number of rotatable bonds is 4. The second-order valence-electron chi connectivity index (χ2n) is 9.79. The lowest BCUT2D eigenvalue weighted by Crippen LogP contribution is -2.36. The summed E-state index contributed by atoms with van der Waals surface area (Å²) in [5.41, 5.74) is 6.15. The van der Waals surface area contributed by atoms with Crippen LogP contribution in [-0.4, -0.2) is 17.9 Å². The van der Waals surface area contributed by atoms with Crippen LogP contribution in [0.25, 0.3) is 0 Å². The first kappa shape index (κ1) is 22.9. The number of dihydropyridines is 1. The van der Waals surface area contributed by atoms with Gasteiger partial charge >= 0.3 is 5.97 Å². The maximum atomic E-state index is 13.7. The molecular formula is C29H30ClNO3. The van der Waals surface area contributed by atoms with E-state index < -0.39 is 5.92 Å². The Kier molecular flexibility index (Phi) is 6.35. The van der Waals surface area contributed by atoms with E-state index in [9.17, 15) is 9.59 Å². The Morgan fingerprint density at radius 3 is 2.26 bits per heavy atom. The minimum Gasteiger partial charge on any atom is -0.459 e. The highest BCUT2D eigenvalue weighted by Gasteiger charge is 2.42. The average Bonchev–Trinajstić information content (AvgIpc) is 3.32. The van der Waals surface area contributed by atoms with Gasteiger partial charge in [0.15, 0.2) is 5.78 Å². The number of carbonyl (C=O) groups is 2. The number of ketones is 1. The highest BCUT2D eigenvalue weighted by atomic mass is 35.5. The van der Waals surface area contributed by atoms with Gasteiger partial charge < -0.3 is 10.1 Å². The van der Waals surface area contributed by atoms with E-state index in [2.05, 4.69) is 5.32 Å². The molecule has 0 unspecified atom stereocenters. The fraction of sp³-hybridized carbons (Fsp3) is 0.379. The average molecular weight is 476 g/mol. The lowest BCUT2D eigenvalue weighted by Gasteiger charge is -2.37. The molecule has 3 aliphatic rings. The quantitative estimate of drug-likeness (QED) is 0.513. The van der Waals surface area contributed by atoms with Crippen molar-refractivity contribution in [1.82, 2.24) is 5.32 Å². The third kappa shape index (κ3) is 4.44. The van der Waals surface area contributed by atoms with Crippen molar-refractivity contribution in [2.24, 2.45) is 0 Å². The largest absolute Gasteiger partial charge is 0.459 e. The van der Waals surface area contributed by atoms with E-state index >= 15 is 0 Å². The molecule has 0 bridgehead atoms. The van der Waals surface area contributed by atoms with Gasteiger partial charge in [-0.2, -0.15) is 0 Å². The zero-order valence-corrected chi connectivity index (χ0v) is 20.5. The number of nitrogens with one attached hydrogen (secondary N) is 1. The number of aryl methyl sites for hydroxylation is 1. The molecule has 176 valence electrons. The summed E-state index contributed by atoms with van der Waals surface area (Å²) in [5, 5.41) is 4.12. The highest BCUT2D eigenvalue weighted by Crippen LogP contribution is 2.46. The van der Waals surface area contributed by atoms with Crippen LogP contribution in [0.15, 0.2) is 71.1 Å². The van der Waals surface area contributed by atoms with E-state index in [0.717, 1.165) is 53.8 Å². The van der Waals surface area contributed by atoms with Crippen molar-refractivity contribution in [2.75, 3.05) is 0 Å². The number of hydrogen-bond acceptors (Lipinski definition) is 4. The molecule has 0 amide bonds. The van der Waals surface area contributed by atoms with Crippen LogP contribution in [0.5, 0.6) is 0 Å². The molecule has 0 spiro atoms. The molecule has 2 aromatic carbocycles. The molecule has 1 saturated carbocycles. The molecule has 0 saturated heterocycles. The van der Waals surface area contributed by atoms with Gasteiger partial charge in [0.25, 0.3) is 0 Å². The van der Waals surface area contributed by atoms with Crippen LogP contribution in [0.1, 0.15) is 74.0 Å². The molecule has 4 nitrogen and oxygen atoms in total. The van der Waals surface area contributed by atoms with E-state index in [1.54, 1.807) is 0 Å². The number of Topliss-reactive ketones (excluding diaryl/α,β-unsaturated/α-hetero) is 1. The molecular weight excluding hydrogens is 446 g/mol. The molecule has 34 heavy (non-hydrogen) atoms. The van der Waals surface area contributed by atoms with Crippen LogP contribution in [-0.2, 0) is 14.3 Å². The lowest BCUT2D eigenvalue weighted by molar-refractivity contribution is -0.144. The SMILES string of the molecule is CC1=C(C(=O)OC2CCCC2)[C@@H](c2ccc(C)cc2)C2=C(C[C@@H](c3ccc(Cl)cc3)CC2=O)N1. The molecule has 1 heterocycles. The molecule has 5 heteroatoms. The second kappa shape index (κ2) is 9.42. The van der Waals surface area contributed by atoms with Gasteiger partial charge in [-0.15, -0.1) is 0 Å². The predicted octanol–water partition coefficient (Wildman–Crippen LogP) is 6.50. The minimum atomic E-state index is -0.413. The number of halogens is 1. The van der Waals surface area contributed by atoms with Crippen LogP contribution in [0.4, 0.5) is 0 Å². The summed E-state index contributed by atoms with van der Waals surface area (Å²) < 4.78 is 5.93. The Hall–Kier alpha value is -2.85. The van der Waals surface area contributed by atoms with E-state index in [0.29, 0.717) is 29.0 Å². The van der Waals surface area contributed by atoms with Gasteiger partial charge in [0.1, 0.15) is 6.10 Å². The Bertz CT molecular complexity index is 1170. The van der Waals surface area contributed by atoms with Crippen LogP contribution < -0.4 is 5.32 Å². The van der Waals surface area contributed by atoms with Gasteiger partial charge in [-0.05, 0) is 75.1 Å². The summed E-state index contributed by atoms with van der Waals surface area (Å²) in [6.45, 7) is 3.96. The Morgan fingerprint density at radius 1 is 0.941 bits per heavy atom. The maximum Gasteiger partial charge on any atom is 0.337 e. The van der Waals surface area contributed by atoms with Crippen LogP contribution in [0.2, 0.25) is 5.02 Å². The number of hydrogen-bond donors (Lipinski definition) is 1. The van der Waals surface area contributed by atoms with E-state index in [1.165, 1.54) is 0 Å². The van der Waals surface area contributed by atoms with Crippen LogP contribution in [0.3, 0.4) is 0 Å².